The van der Waals surface area contributed by atoms with Gasteiger partial charge in [0.15, 0.2) is 11.5 Å². The second kappa shape index (κ2) is 7.65. The molecule has 0 saturated carbocycles. The van der Waals surface area contributed by atoms with Crippen LogP contribution in [0.4, 0.5) is 14.9 Å². The summed E-state index contributed by atoms with van der Waals surface area (Å²) < 4.78 is 15.3. The first-order valence-electron chi connectivity index (χ1n) is 9.72. The summed E-state index contributed by atoms with van der Waals surface area (Å²) in [5.41, 5.74) is 5.05. The average Bonchev–Trinajstić information content (AvgIpc) is 3.21. The van der Waals surface area contributed by atoms with Crippen LogP contribution in [0.5, 0.6) is 0 Å². The molecule has 2 aromatic carbocycles. The lowest BCUT2D eigenvalue weighted by Gasteiger charge is -2.28. The Balaban J connectivity index is 1.43. The average molecular weight is 419 g/mol. The number of urea groups is 1. The Kier molecular flexibility index (Phi) is 4.68. The van der Waals surface area contributed by atoms with E-state index < -0.39 is 11.5 Å². The smallest absolute Gasteiger partial charge is 0.309 e. The zero-order chi connectivity index (χ0) is 21.4. The maximum Gasteiger partial charge on any atom is 0.348 e. The van der Waals surface area contributed by atoms with Gasteiger partial charge in [-0.05, 0) is 24.3 Å². The number of aromatic nitrogens is 4. The van der Waals surface area contributed by atoms with Gasteiger partial charge < -0.3 is 10.3 Å². The molecule has 1 aliphatic heterocycles. The summed E-state index contributed by atoms with van der Waals surface area (Å²) >= 11 is 0. The molecule has 0 aliphatic carbocycles. The molecule has 5 rings (SSSR count). The number of nitrogens with one attached hydrogen (secondary N) is 3. The lowest BCUT2D eigenvalue weighted by Crippen LogP contribution is -2.47. The van der Waals surface area contributed by atoms with Gasteiger partial charge in [-0.15, -0.1) is 5.10 Å². The largest absolute Gasteiger partial charge is 0.348 e. The number of halogens is 1. The van der Waals surface area contributed by atoms with Crippen molar-refractivity contribution in [2.75, 3.05) is 11.9 Å². The standard InChI is InChI=1S/C21H18FN7O2/c22-16-9-5-4-8-14(16)18-25-19-15-12-28(11-10-17(15)24-21(31)29(19)26-18)27-20(30)23-13-6-2-1-3-7-13/h1-9H,10-12H2,(H,24,31)(H2,23,27,30). The Labute approximate surface area is 175 Å². The first-order chi connectivity index (χ1) is 15.1. The molecular weight excluding hydrogens is 401 g/mol. The van der Waals surface area contributed by atoms with Crippen molar-refractivity contribution in [3.05, 3.63) is 82.2 Å². The number of benzene rings is 2. The van der Waals surface area contributed by atoms with E-state index in [0.29, 0.717) is 30.8 Å². The number of carbonyl (C=O) groups is 1. The molecule has 2 amide bonds. The van der Waals surface area contributed by atoms with Gasteiger partial charge in [0.1, 0.15) is 5.82 Å². The predicted octanol–water partition coefficient (Wildman–Crippen LogP) is 2.32. The molecular formula is C21H18FN7O2. The van der Waals surface area contributed by atoms with Crippen LogP contribution in [0.1, 0.15) is 11.3 Å². The minimum atomic E-state index is -0.468. The van der Waals surface area contributed by atoms with E-state index in [1.54, 1.807) is 35.3 Å². The van der Waals surface area contributed by atoms with Gasteiger partial charge in [-0.3, -0.25) is 5.43 Å². The number of rotatable bonds is 3. The maximum absolute atomic E-state index is 14.2. The highest BCUT2D eigenvalue weighted by atomic mass is 19.1. The number of anilines is 1. The number of fused-ring (bicyclic) bond motifs is 3. The lowest BCUT2D eigenvalue weighted by atomic mass is 10.1. The summed E-state index contributed by atoms with van der Waals surface area (Å²) in [5, 5.41) is 8.70. The lowest BCUT2D eigenvalue weighted by molar-refractivity contribution is 0.172. The second-order valence-electron chi connectivity index (χ2n) is 7.14. The first kappa shape index (κ1) is 18.9. The molecule has 2 aromatic heterocycles. The van der Waals surface area contributed by atoms with Crippen molar-refractivity contribution >= 4 is 17.4 Å². The van der Waals surface area contributed by atoms with E-state index in [9.17, 15) is 14.0 Å². The van der Waals surface area contributed by atoms with E-state index in [-0.39, 0.29) is 17.4 Å². The minimum absolute atomic E-state index is 0.129. The van der Waals surface area contributed by atoms with Gasteiger partial charge in [0.25, 0.3) is 0 Å². The van der Waals surface area contributed by atoms with Gasteiger partial charge >= 0.3 is 11.7 Å². The number of hydrogen-bond acceptors (Lipinski definition) is 5. The summed E-state index contributed by atoms with van der Waals surface area (Å²) in [4.78, 5) is 32.1. The summed E-state index contributed by atoms with van der Waals surface area (Å²) in [6.07, 6.45) is 0.509. The third-order valence-electron chi connectivity index (χ3n) is 5.08. The Morgan fingerprint density at radius 3 is 2.68 bits per heavy atom. The fourth-order valence-corrected chi connectivity index (χ4v) is 3.61. The number of hydrogen-bond donors (Lipinski definition) is 3. The van der Waals surface area contributed by atoms with Gasteiger partial charge in [-0.2, -0.15) is 4.52 Å². The van der Waals surface area contributed by atoms with Gasteiger partial charge in [0.05, 0.1) is 5.56 Å². The van der Waals surface area contributed by atoms with Gasteiger partial charge in [0, 0.05) is 36.5 Å². The molecule has 0 saturated heterocycles. The van der Waals surface area contributed by atoms with Crippen molar-refractivity contribution in [3.63, 3.8) is 0 Å². The number of carbonyl (C=O) groups excluding carboxylic acids is 1. The number of hydrazine groups is 1. The Bertz CT molecular complexity index is 1330. The molecule has 0 atom stereocenters. The van der Waals surface area contributed by atoms with Crippen LogP contribution >= 0.6 is 0 Å². The summed E-state index contributed by atoms with van der Waals surface area (Å²) in [5.74, 6) is -0.339. The van der Waals surface area contributed by atoms with Crippen molar-refractivity contribution in [3.8, 4) is 11.4 Å². The van der Waals surface area contributed by atoms with Crippen molar-refractivity contribution in [2.24, 2.45) is 0 Å². The third kappa shape index (κ3) is 3.64. The fourth-order valence-electron chi connectivity index (χ4n) is 3.61. The van der Waals surface area contributed by atoms with E-state index in [1.165, 1.54) is 6.07 Å². The highest BCUT2D eigenvalue weighted by Crippen LogP contribution is 2.23. The molecule has 0 spiro atoms. The number of nitrogens with zero attached hydrogens (tertiary/aromatic N) is 4. The van der Waals surface area contributed by atoms with Crippen LogP contribution in [0.2, 0.25) is 0 Å². The molecule has 0 unspecified atom stereocenters. The Morgan fingerprint density at radius 1 is 1.10 bits per heavy atom. The number of aromatic amines is 1. The zero-order valence-corrected chi connectivity index (χ0v) is 16.3. The predicted molar refractivity (Wildman–Crippen MR) is 112 cm³/mol. The zero-order valence-electron chi connectivity index (χ0n) is 16.3. The van der Waals surface area contributed by atoms with Crippen molar-refractivity contribution in [1.29, 1.82) is 0 Å². The topological polar surface area (TPSA) is 107 Å². The normalized spacial score (nSPS) is 13.7. The van der Waals surface area contributed by atoms with Gasteiger partial charge in [-0.25, -0.2) is 24.0 Å². The van der Waals surface area contributed by atoms with Crippen molar-refractivity contribution in [1.82, 2.24) is 30.0 Å². The number of H-pyrrole nitrogens is 1. The maximum atomic E-state index is 14.2. The van der Waals surface area contributed by atoms with E-state index >= 15 is 0 Å². The number of amides is 2. The molecule has 1 aliphatic rings. The monoisotopic (exact) mass is 419 g/mol. The molecule has 0 bridgehead atoms. The van der Waals surface area contributed by atoms with Crippen LogP contribution in [-0.2, 0) is 13.0 Å². The second-order valence-corrected chi connectivity index (χ2v) is 7.14. The van der Waals surface area contributed by atoms with Crippen LogP contribution in [0.3, 0.4) is 0 Å². The summed E-state index contributed by atoms with van der Waals surface area (Å²) in [7, 11) is 0. The molecule has 9 nitrogen and oxygen atoms in total. The summed E-state index contributed by atoms with van der Waals surface area (Å²) in [6.45, 7) is 0.822. The highest BCUT2D eigenvalue weighted by Gasteiger charge is 2.24. The van der Waals surface area contributed by atoms with Crippen molar-refractivity contribution in [2.45, 2.75) is 13.0 Å². The van der Waals surface area contributed by atoms with Crippen LogP contribution in [0.25, 0.3) is 17.0 Å². The first-order valence-corrected chi connectivity index (χ1v) is 9.72. The molecule has 4 aromatic rings. The highest BCUT2D eigenvalue weighted by molar-refractivity contribution is 5.88. The molecule has 31 heavy (non-hydrogen) atoms. The van der Waals surface area contributed by atoms with E-state index in [4.69, 9.17) is 0 Å². The van der Waals surface area contributed by atoms with E-state index in [2.05, 4.69) is 25.8 Å². The van der Waals surface area contributed by atoms with Gasteiger partial charge in [-0.1, -0.05) is 30.3 Å². The van der Waals surface area contributed by atoms with Crippen LogP contribution < -0.4 is 16.4 Å². The van der Waals surface area contributed by atoms with E-state index in [0.717, 1.165) is 15.8 Å². The molecule has 0 fully saturated rings. The van der Waals surface area contributed by atoms with Crippen LogP contribution in [0, 0.1) is 5.82 Å². The van der Waals surface area contributed by atoms with Gasteiger partial charge in [0.2, 0.25) is 0 Å². The minimum Gasteiger partial charge on any atom is -0.309 e. The Morgan fingerprint density at radius 2 is 1.87 bits per heavy atom. The SMILES string of the molecule is O=C(Nc1ccccc1)NN1CCc2[nH]c(=O)n3nc(-c4ccccc4F)nc3c2C1. The quantitative estimate of drug-likeness (QED) is 0.472. The van der Waals surface area contributed by atoms with Crippen LogP contribution in [-0.4, -0.2) is 37.2 Å². The Hall–Kier alpha value is -4.05. The summed E-state index contributed by atoms with van der Waals surface area (Å²) in [6, 6.07) is 14.9. The number of para-hydroxylation sites is 1. The molecule has 156 valence electrons. The van der Waals surface area contributed by atoms with Crippen molar-refractivity contribution < 1.29 is 9.18 Å². The molecule has 3 heterocycles. The van der Waals surface area contributed by atoms with Crippen LogP contribution in [0.15, 0.2) is 59.4 Å². The van der Waals surface area contributed by atoms with E-state index in [1.807, 2.05) is 18.2 Å². The third-order valence-corrected chi connectivity index (χ3v) is 5.08. The molecule has 10 heteroatoms. The fraction of sp³-hybridized carbons (Fsp3) is 0.143. The molecule has 0 radical (unpaired) electrons. The molecule has 3 N–H and O–H groups in total.